The van der Waals surface area contributed by atoms with E-state index < -0.39 is 0 Å². The summed E-state index contributed by atoms with van der Waals surface area (Å²) in [6, 6.07) is 5.84. The predicted molar refractivity (Wildman–Crippen MR) is 110 cm³/mol. The van der Waals surface area contributed by atoms with Crippen LogP contribution in [0, 0.1) is 0 Å². The normalized spacial score (nSPS) is 15.1. The second-order valence-electron chi connectivity index (χ2n) is 6.72. The van der Waals surface area contributed by atoms with Crippen LogP contribution in [0.25, 0.3) is 10.2 Å². The zero-order valence-electron chi connectivity index (χ0n) is 15.9. The molecule has 28 heavy (non-hydrogen) atoms. The van der Waals surface area contributed by atoms with Crippen LogP contribution in [0.2, 0.25) is 0 Å². The maximum atomic E-state index is 12.8. The van der Waals surface area contributed by atoms with Crippen LogP contribution in [0.3, 0.4) is 0 Å². The molecule has 0 spiro atoms. The van der Waals surface area contributed by atoms with E-state index >= 15 is 0 Å². The molecule has 2 aromatic heterocycles. The first kappa shape index (κ1) is 19.1. The van der Waals surface area contributed by atoms with Gasteiger partial charge in [-0.1, -0.05) is 29.2 Å². The number of nitrogens with zero attached hydrogens (tertiary/aromatic N) is 4. The number of aromatic nitrogens is 3. The quantitative estimate of drug-likeness (QED) is 0.606. The molecule has 1 aliphatic heterocycles. The summed E-state index contributed by atoms with van der Waals surface area (Å²) in [4.78, 5) is 19.9. The van der Waals surface area contributed by atoms with Crippen molar-refractivity contribution in [2.24, 2.45) is 0 Å². The molecule has 7 nitrogen and oxygen atoms in total. The van der Waals surface area contributed by atoms with E-state index in [1.807, 2.05) is 23.1 Å². The number of fused-ring (bicyclic) bond motifs is 1. The Morgan fingerprint density at radius 3 is 2.89 bits per heavy atom. The smallest absolute Gasteiger partial charge is 0.274 e. The number of piperidine rings is 1. The number of carbonyl (C=O) groups is 1. The maximum Gasteiger partial charge on any atom is 0.274 e. The molecule has 1 aromatic carbocycles. The highest BCUT2D eigenvalue weighted by molar-refractivity contribution is 7.20. The van der Waals surface area contributed by atoms with Crippen molar-refractivity contribution in [3.63, 3.8) is 0 Å². The van der Waals surface area contributed by atoms with Crippen LogP contribution in [-0.4, -0.2) is 51.7 Å². The molecule has 0 unspecified atom stereocenters. The highest BCUT2D eigenvalue weighted by Gasteiger charge is 2.28. The number of likely N-dealkylation sites (tertiary alicyclic amines) is 1. The maximum absolute atomic E-state index is 12.8. The second kappa shape index (κ2) is 8.40. The Balaban J connectivity index is 1.36. The molecule has 9 heteroatoms. The summed E-state index contributed by atoms with van der Waals surface area (Å²) in [5, 5.41) is 4.78. The van der Waals surface area contributed by atoms with Crippen LogP contribution in [-0.2, 0) is 6.42 Å². The van der Waals surface area contributed by atoms with Crippen molar-refractivity contribution in [3.8, 4) is 10.9 Å². The predicted octanol–water partition coefficient (Wildman–Crippen LogP) is 3.79. The fraction of sp³-hybridized carbons (Fsp3) is 0.474. The molecule has 3 heterocycles. The Bertz CT molecular complexity index is 963. The van der Waals surface area contributed by atoms with Crippen LogP contribution in [0.15, 0.2) is 18.2 Å². The minimum Gasteiger partial charge on any atom is -0.497 e. The fourth-order valence-corrected chi connectivity index (χ4v) is 4.84. The van der Waals surface area contributed by atoms with Gasteiger partial charge in [-0.15, -0.1) is 5.10 Å². The van der Waals surface area contributed by atoms with Gasteiger partial charge in [0.05, 0.1) is 23.0 Å². The number of carbonyl (C=O) groups excluding carboxylic acids is 1. The molecule has 0 bridgehead atoms. The number of ether oxygens (including phenoxy) is 2. The van der Waals surface area contributed by atoms with E-state index in [9.17, 15) is 4.79 Å². The van der Waals surface area contributed by atoms with Crippen molar-refractivity contribution >= 4 is 39.0 Å². The Morgan fingerprint density at radius 1 is 1.32 bits per heavy atom. The van der Waals surface area contributed by atoms with Gasteiger partial charge >= 0.3 is 0 Å². The summed E-state index contributed by atoms with van der Waals surface area (Å²) in [5.41, 5.74) is 1.70. The van der Waals surface area contributed by atoms with Gasteiger partial charge in [-0.2, -0.15) is 0 Å². The van der Waals surface area contributed by atoms with Gasteiger partial charge in [0, 0.05) is 32.0 Å². The first-order valence-corrected chi connectivity index (χ1v) is 11.0. The zero-order chi connectivity index (χ0) is 19.5. The second-order valence-corrected chi connectivity index (χ2v) is 8.47. The molecule has 1 aliphatic rings. The van der Waals surface area contributed by atoms with Crippen molar-refractivity contribution in [2.45, 2.75) is 38.7 Å². The number of thiazole rings is 1. The Labute approximate surface area is 171 Å². The Morgan fingerprint density at radius 2 is 2.14 bits per heavy atom. The summed E-state index contributed by atoms with van der Waals surface area (Å²) in [7, 11) is 1.65. The van der Waals surface area contributed by atoms with Crippen LogP contribution in [0.5, 0.6) is 10.9 Å². The first-order chi connectivity index (χ1) is 13.7. The molecule has 0 saturated carbocycles. The van der Waals surface area contributed by atoms with Gasteiger partial charge in [0.2, 0.25) is 0 Å². The van der Waals surface area contributed by atoms with Crippen molar-refractivity contribution in [1.82, 2.24) is 19.5 Å². The van der Waals surface area contributed by atoms with E-state index in [1.54, 1.807) is 7.11 Å². The summed E-state index contributed by atoms with van der Waals surface area (Å²) in [5.74, 6) is 0.833. The van der Waals surface area contributed by atoms with Crippen LogP contribution < -0.4 is 9.47 Å². The van der Waals surface area contributed by atoms with E-state index in [0.717, 1.165) is 47.3 Å². The largest absolute Gasteiger partial charge is 0.497 e. The molecule has 148 valence electrons. The fourth-order valence-electron chi connectivity index (χ4n) is 3.30. The first-order valence-electron chi connectivity index (χ1n) is 9.39. The van der Waals surface area contributed by atoms with Crippen LogP contribution >= 0.6 is 22.9 Å². The van der Waals surface area contributed by atoms with Gasteiger partial charge in [-0.25, -0.2) is 4.98 Å². The molecular weight excluding hydrogens is 396 g/mol. The van der Waals surface area contributed by atoms with Crippen molar-refractivity contribution in [3.05, 3.63) is 28.8 Å². The molecular formula is C19H22N4O3S2. The molecule has 1 fully saturated rings. The van der Waals surface area contributed by atoms with E-state index in [-0.39, 0.29) is 12.0 Å². The highest BCUT2D eigenvalue weighted by atomic mass is 32.1. The molecule has 1 saturated heterocycles. The molecule has 0 N–H and O–H groups in total. The third kappa shape index (κ3) is 3.95. The monoisotopic (exact) mass is 418 g/mol. The minimum absolute atomic E-state index is 0.0454. The number of hydrogen-bond donors (Lipinski definition) is 0. The molecule has 0 atom stereocenters. The number of benzene rings is 1. The number of rotatable bonds is 6. The average molecular weight is 419 g/mol. The topological polar surface area (TPSA) is 77.4 Å². The summed E-state index contributed by atoms with van der Waals surface area (Å²) < 4.78 is 16.4. The molecule has 3 aromatic rings. The van der Waals surface area contributed by atoms with Gasteiger partial charge in [0.15, 0.2) is 0 Å². The summed E-state index contributed by atoms with van der Waals surface area (Å²) in [6.07, 6.45) is 3.40. The standard InChI is InChI=1S/C19H22N4O3S2/c1-3-4-14-17(28-22-21-14)18(24)23-9-7-12(8-10-23)26-19-20-15-11-13(25-2)5-6-16(15)27-19/h5-6,11-12H,3-4,7-10H2,1-2H3. The number of aryl methyl sites for hydroxylation is 1. The van der Waals surface area contributed by atoms with Gasteiger partial charge in [0.1, 0.15) is 16.7 Å². The molecule has 4 rings (SSSR count). The zero-order valence-corrected chi connectivity index (χ0v) is 17.5. The lowest BCUT2D eigenvalue weighted by molar-refractivity contribution is 0.0599. The molecule has 0 radical (unpaired) electrons. The highest BCUT2D eigenvalue weighted by Crippen LogP contribution is 2.32. The number of methoxy groups -OCH3 is 1. The van der Waals surface area contributed by atoms with Gasteiger partial charge in [0.25, 0.3) is 11.1 Å². The Kier molecular flexibility index (Phi) is 5.72. The number of amides is 1. The lowest BCUT2D eigenvalue weighted by atomic mass is 10.1. The summed E-state index contributed by atoms with van der Waals surface area (Å²) >= 11 is 2.74. The van der Waals surface area contributed by atoms with Crippen molar-refractivity contribution in [2.75, 3.05) is 20.2 Å². The lowest BCUT2D eigenvalue weighted by Crippen LogP contribution is -2.41. The Hall–Kier alpha value is -2.26. The van der Waals surface area contributed by atoms with Gasteiger partial charge < -0.3 is 14.4 Å². The lowest BCUT2D eigenvalue weighted by Gasteiger charge is -2.31. The van der Waals surface area contributed by atoms with Gasteiger partial charge in [-0.05, 0) is 30.1 Å². The van der Waals surface area contributed by atoms with E-state index in [4.69, 9.17) is 9.47 Å². The molecule has 1 amide bonds. The van der Waals surface area contributed by atoms with Gasteiger partial charge in [-0.3, -0.25) is 4.79 Å². The van der Waals surface area contributed by atoms with Crippen LogP contribution in [0.4, 0.5) is 0 Å². The number of hydrogen-bond acceptors (Lipinski definition) is 8. The van der Waals surface area contributed by atoms with E-state index in [2.05, 4.69) is 21.5 Å². The van der Waals surface area contributed by atoms with E-state index in [0.29, 0.717) is 23.2 Å². The van der Waals surface area contributed by atoms with Crippen molar-refractivity contribution < 1.29 is 14.3 Å². The summed E-state index contributed by atoms with van der Waals surface area (Å²) in [6.45, 7) is 3.42. The van der Waals surface area contributed by atoms with Crippen molar-refractivity contribution in [1.29, 1.82) is 0 Å². The molecule has 0 aliphatic carbocycles. The minimum atomic E-state index is 0.0454. The SMILES string of the molecule is CCCc1nnsc1C(=O)N1CCC(Oc2nc3cc(OC)ccc3s2)CC1. The third-order valence-electron chi connectivity index (χ3n) is 4.81. The van der Waals surface area contributed by atoms with E-state index in [1.165, 1.54) is 22.9 Å². The van der Waals surface area contributed by atoms with Crippen LogP contribution in [0.1, 0.15) is 41.6 Å². The average Bonchev–Trinajstić information content (AvgIpc) is 3.34. The third-order valence-corrected chi connectivity index (χ3v) is 6.49.